The maximum Gasteiger partial charge on any atom is 0.309 e. The van der Waals surface area contributed by atoms with Gasteiger partial charge in [0.05, 0.1) is 5.41 Å². The van der Waals surface area contributed by atoms with E-state index in [4.69, 9.17) is 5.11 Å². The van der Waals surface area contributed by atoms with Crippen LogP contribution >= 0.6 is 0 Å². The van der Waals surface area contributed by atoms with Crippen molar-refractivity contribution >= 4 is 5.97 Å². The van der Waals surface area contributed by atoms with E-state index < -0.39 is 11.4 Å². The predicted molar refractivity (Wildman–Crippen MR) is 78.0 cm³/mol. The van der Waals surface area contributed by atoms with E-state index in [1.165, 1.54) is 12.1 Å². The quantitative estimate of drug-likeness (QED) is 0.741. The van der Waals surface area contributed by atoms with Crippen molar-refractivity contribution in [2.45, 2.75) is 39.7 Å². The molecule has 112 valence electrons. The monoisotopic (exact) mass is 281 g/mol. The highest BCUT2D eigenvalue weighted by Crippen LogP contribution is 2.23. The molecular formula is C16H24FNO2. The van der Waals surface area contributed by atoms with E-state index in [9.17, 15) is 9.18 Å². The molecule has 0 aromatic heterocycles. The highest BCUT2D eigenvalue weighted by atomic mass is 19.1. The molecule has 3 nitrogen and oxygen atoms in total. The molecule has 0 heterocycles. The first-order valence-corrected chi connectivity index (χ1v) is 6.97. The Morgan fingerprint density at radius 2 is 1.85 bits per heavy atom. The van der Waals surface area contributed by atoms with Gasteiger partial charge in [-0.1, -0.05) is 18.6 Å². The molecule has 0 saturated carbocycles. The first kappa shape index (κ1) is 16.6. The summed E-state index contributed by atoms with van der Waals surface area (Å²) < 4.78 is 12.8. The molecule has 0 saturated heterocycles. The molecule has 0 atom stereocenters. The van der Waals surface area contributed by atoms with E-state index in [0.29, 0.717) is 6.42 Å². The summed E-state index contributed by atoms with van der Waals surface area (Å²) in [5, 5.41) is 9.03. The minimum Gasteiger partial charge on any atom is -0.481 e. The van der Waals surface area contributed by atoms with Crippen LogP contribution in [0.5, 0.6) is 0 Å². The van der Waals surface area contributed by atoms with Gasteiger partial charge >= 0.3 is 5.97 Å². The first-order valence-electron chi connectivity index (χ1n) is 6.97. The Morgan fingerprint density at radius 1 is 1.25 bits per heavy atom. The second kappa shape index (κ2) is 7.39. The Balaban J connectivity index is 2.25. The number of carboxylic acid groups (broad SMARTS) is 1. The summed E-state index contributed by atoms with van der Waals surface area (Å²) in [6, 6.07) is 6.52. The summed E-state index contributed by atoms with van der Waals surface area (Å²) in [6.07, 6.45) is 2.55. The number of carboxylic acids is 1. The molecule has 20 heavy (non-hydrogen) atoms. The van der Waals surface area contributed by atoms with E-state index in [1.807, 2.05) is 7.05 Å². The third kappa shape index (κ3) is 5.70. The zero-order valence-electron chi connectivity index (χ0n) is 12.5. The summed E-state index contributed by atoms with van der Waals surface area (Å²) in [6.45, 7) is 5.21. The summed E-state index contributed by atoms with van der Waals surface area (Å²) in [4.78, 5) is 13.1. The molecule has 1 rings (SSSR count). The second-order valence-electron chi connectivity index (χ2n) is 6.01. The Hall–Kier alpha value is -1.42. The minimum atomic E-state index is -0.739. The number of rotatable bonds is 8. The smallest absolute Gasteiger partial charge is 0.309 e. The van der Waals surface area contributed by atoms with Crippen LogP contribution in [-0.4, -0.2) is 29.6 Å². The Labute approximate surface area is 120 Å². The number of hydrogen-bond donors (Lipinski definition) is 1. The van der Waals surface area contributed by atoms with Gasteiger partial charge in [-0.15, -0.1) is 0 Å². The van der Waals surface area contributed by atoms with Crippen LogP contribution in [0.4, 0.5) is 4.39 Å². The van der Waals surface area contributed by atoms with Crippen LogP contribution in [0.15, 0.2) is 24.3 Å². The number of aliphatic carboxylic acids is 1. The number of hydrogen-bond acceptors (Lipinski definition) is 2. The number of nitrogens with zero attached hydrogens (tertiary/aromatic N) is 1. The molecule has 0 spiro atoms. The van der Waals surface area contributed by atoms with Crippen LogP contribution in [0.3, 0.4) is 0 Å². The summed E-state index contributed by atoms with van der Waals surface area (Å²) in [5.74, 6) is -0.954. The zero-order chi connectivity index (χ0) is 15.2. The molecule has 4 heteroatoms. The second-order valence-corrected chi connectivity index (χ2v) is 6.01. The van der Waals surface area contributed by atoms with Gasteiger partial charge in [-0.05, 0) is 58.0 Å². The highest BCUT2D eigenvalue weighted by molar-refractivity contribution is 5.73. The van der Waals surface area contributed by atoms with Gasteiger partial charge in [0.2, 0.25) is 0 Å². The van der Waals surface area contributed by atoms with Crippen molar-refractivity contribution in [1.29, 1.82) is 0 Å². The van der Waals surface area contributed by atoms with Gasteiger partial charge in [-0.25, -0.2) is 4.39 Å². The zero-order valence-corrected chi connectivity index (χ0v) is 12.5. The first-order chi connectivity index (χ1) is 9.31. The Morgan fingerprint density at radius 3 is 2.40 bits per heavy atom. The standard InChI is InChI=1S/C16H24FNO2/c1-16(2,15(19)20)10-4-5-11-18(3)12-13-6-8-14(17)9-7-13/h6-9H,4-5,10-12H2,1-3H3,(H,19,20). The third-order valence-corrected chi connectivity index (χ3v) is 3.54. The predicted octanol–water partition coefficient (Wildman–Crippen LogP) is 3.54. The van der Waals surface area contributed by atoms with Gasteiger partial charge in [0.1, 0.15) is 5.82 Å². The number of halogens is 1. The molecular weight excluding hydrogens is 257 g/mol. The fourth-order valence-corrected chi connectivity index (χ4v) is 2.04. The molecule has 1 aromatic carbocycles. The summed E-state index contributed by atoms with van der Waals surface area (Å²) in [5.41, 5.74) is 0.440. The van der Waals surface area contributed by atoms with Crippen LogP contribution in [-0.2, 0) is 11.3 Å². The highest BCUT2D eigenvalue weighted by Gasteiger charge is 2.25. The van der Waals surface area contributed by atoms with Crippen LogP contribution in [0, 0.1) is 11.2 Å². The molecule has 1 N–H and O–H groups in total. The van der Waals surface area contributed by atoms with Crippen molar-refractivity contribution < 1.29 is 14.3 Å². The maximum absolute atomic E-state index is 12.8. The van der Waals surface area contributed by atoms with E-state index in [0.717, 1.165) is 31.5 Å². The van der Waals surface area contributed by atoms with E-state index >= 15 is 0 Å². The van der Waals surface area contributed by atoms with Gasteiger partial charge in [-0.3, -0.25) is 4.79 Å². The number of carbonyl (C=O) groups is 1. The summed E-state index contributed by atoms with van der Waals surface area (Å²) >= 11 is 0. The molecule has 1 aromatic rings. The van der Waals surface area contributed by atoms with Crippen molar-refractivity contribution in [3.8, 4) is 0 Å². The molecule has 0 amide bonds. The van der Waals surface area contributed by atoms with Gasteiger partial charge < -0.3 is 10.0 Å². The largest absolute Gasteiger partial charge is 0.481 e. The van der Waals surface area contributed by atoms with Crippen LogP contribution in [0.1, 0.15) is 38.7 Å². The average Bonchev–Trinajstić information content (AvgIpc) is 2.37. The number of benzene rings is 1. The van der Waals surface area contributed by atoms with Crippen molar-refractivity contribution in [2.24, 2.45) is 5.41 Å². The molecule has 0 bridgehead atoms. The van der Waals surface area contributed by atoms with Crippen LogP contribution in [0.25, 0.3) is 0 Å². The lowest BCUT2D eigenvalue weighted by molar-refractivity contribution is -0.147. The van der Waals surface area contributed by atoms with E-state index in [2.05, 4.69) is 4.90 Å². The van der Waals surface area contributed by atoms with Gasteiger partial charge in [0.25, 0.3) is 0 Å². The minimum absolute atomic E-state index is 0.215. The van der Waals surface area contributed by atoms with Gasteiger partial charge in [0, 0.05) is 6.54 Å². The topological polar surface area (TPSA) is 40.5 Å². The molecule has 0 aliphatic heterocycles. The normalized spacial score (nSPS) is 11.8. The number of unbranched alkanes of at least 4 members (excludes halogenated alkanes) is 1. The third-order valence-electron chi connectivity index (χ3n) is 3.54. The molecule has 0 fully saturated rings. The van der Waals surface area contributed by atoms with Crippen LogP contribution < -0.4 is 0 Å². The SMILES string of the molecule is CN(CCCCC(C)(C)C(=O)O)Cc1ccc(F)cc1. The lowest BCUT2D eigenvalue weighted by atomic mass is 9.87. The molecule has 0 aliphatic rings. The lowest BCUT2D eigenvalue weighted by Gasteiger charge is -2.20. The Bertz CT molecular complexity index is 429. The van der Waals surface area contributed by atoms with Crippen LogP contribution in [0.2, 0.25) is 0 Å². The molecule has 0 radical (unpaired) electrons. The van der Waals surface area contributed by atoms with Gasteiger partial charge in [0.15, 0.2) is 0 Å². The maximum atomic E-state index is 12.8. The van der Waals surface area contributed by atoms with Crippen molar-refractivity contribution in [1.82, 2.24) is 4.90 Å². The van der Waals surface area contributed by atoms with Crippen molar-refractivity contribution in [3.05, 3.63) is 35.6 Å². The average molecular weight is 281 g/mol. The van der Waals surface area contributed by atoms with Gasteiger partial charge in [-0.2, -0.15) is 0 Å². The van der Waals surface area contributed by atoms with Crippen molar-refractivity contribution in [3.63, 3.8) is 0 Å². The molecule has 0 unspecified atom stereocenters. The van der Waals surface area contributed by atoms with E-state index in [1.54, 1.807) is 26.0 Å². The Kier molecular flexibility index (Phi) is 6.14. The van der Waals surface area contributed by atoms with Crippen molar-refractivity contribution in [2.75, 3.05) is 13.6 Å². The summed E-state index contributed by atoms with van der Waals surface area (Å²) in [7, 11) is 2.02. The molecule has 0 aliphatic carbocycles. The van der Waals surface area contributed by atoms with E-state index in [-0.39, 0.29) is 5.82 Å². The fourth-order valence-electron chi connectivity index (χ4n) is 2.04. The fraction of sp³-hybridized carbons (Fsp3) is 0.562. The lowest BCUT2D eigenvalue weighted by Crippen LogP contribution is -2.24.